The highest BCUT2D eigenvalue weighted by Gasteiger charge is 2.27. The molecule has 3 rings (SSSR count). The van der Waals surface area contributed by atoms with Crippen molar-refractivity contribution in [3.8, 4) is 11.4 Å². The molecule has 0 amide bonds. The molecular formula is C14H19N5O. The van der Waals surface area contributed by atoms with Gasteiger partial charge in [-0.3, -0.25) is 0 Å². The molecule has 2 atom stereocenters. The lowest BCUT2D eigenvalue weighted by Gasteiger charge is -2.20. The van der Waals surface area contributed by atoms with Crippen LogP contribution in [0.2, 0.25) is 0 Å². The number of nitrogen functional groups attached to an aromatic ring is 1. The van der Waals surface area contributed by atoms with Crippen LogP contribution in [0.25, 0.3) is 11.4 Å². The van der Waals surface area contributed by atoms with Crippen LogP contribution in [-0.2, 0) is 4.74 Å². The van der Waals surface area contributed by atoms with E-state index in [0.717, 1.165) is 42.1 Å². The highest BCUT2D eigenvalue weighted by Crippen LogP contribution is 2.29. The lowest BCUT2D eigenvalue weighted by molar-refractivity contribution is 0.0690. The molecule has 0 bridgehead atoms. The Hall–Kier alpha value is -1.95. The number of tetrazole rings is 1. The standard InChI is InChI=1S/C14H19N5O/c1-9-8-11(15)5-6-12(9)14-16-17-18-19(14)10(2)13-4-3-7-20-13/h5-6,8,10,13H,3-4,7,15H2,1-2H3. The smallest absolute Gasteiger partial charge is 0.182 e. The highest BCUT2D eigenvalue weighted by atomic mass is 16.5. The fourth-order valence-corrected chi connectivity index (χ4v) is 2.72. The van der Waals surface area contributed by atoms with Crippen molar-refractivity contribution in [2.75, 3.05) is 12.3 Å². The fourth-order valence-electron chi connectivity index (χ4n) is 2.72. The maximum atomic E-state index is 5.80. The quantitative estimate of drug-likeness (QED) is 0.865. The topological polar surface area (TPSA) is 78.9 Å². The molecule has 1 aromatic carbocycles. The predicted octanol–water partition coefficient (Wildman–Crippen LogP) is 1.97. The van der Waals surface area contributed by atoms with Crippen LogP contribution < -0.4 is 5.73 Å². The number of rotatable bonds is 3. The molecule has 6 heteroatoms. The third-order valence-corrected chi connectivity index (χ3v) is 3.87. The molecule has 0 radical (unpaired) electrons. The normalized spacial score (nSPS) is 20.2. The van der Waals surface area contributed by atoms with Gasteiger partial charge in [0.2, 0.25) is 0 Å². The average molecular weight is 273 g/mol. The van der Waals surface area contributed by atoms with E-state index >= 15 is 0 Å². The summed E-state index contributed by atoms with van der Waals surface area (Å²) in [6.45, 7) is 4.94. The van der Waals surface area contributed by atoms with E-state index in [0.29, 0.717) is 0 Å². The summed E-state index contributed by atoms with van der Waals surface area (Å²) in [5, 5.41) is 12.2. The van der Waals surface area contributed by atoms with Gasteiger partial charge in [0.1, 0.15) is 0 Å². The molecule has 1 aliphatic rings. The maximum Gasteiger partial charge on any atom is 0.182 e. The first kappa shape index (κ1) is 13.1. The first-order chi connectivity index (χ1) is 9.66. The maximum absolute atomic E-state index is 5.80. The monoisotopic (exact) mass is 273 g/mol. The van der Waals surface area contributed by atoms with Crippen LogP contribution in [0, 0.1) is 6.92 Å². The molecule has 2 N–H and O–H groups in total. The number of aromatic nitrogens is 4. The van der Waals surface area contributed by atoms with Crippen molar-refractivity contribution < 1.29 is 4.74 Å². The van der Waals surface area contributed by atoms with Gasteiger partial charge < -0.3 is 10.5 Å². The average Bonchev–Trinajstić information content (AvgIpc) is 3.09. The number of benzene rings is 1. The molecular weight excluding hydrogens is 254 g/mol. The Kier molecular flexibility index (Phi) is 3.40. The Balaban J connectivity index is 1.97. The second kappa shape index (κ2) is 5.20. The lowest BCUT2D eigenvalue weighted by atomic mass is 10.1. The summed E-state index contributed by atoms with van der Waals surface area (Å²) in [4.78, 5) is 0. The molecule has 0 aliphatic carbocycles. The minimum atomic E-state index is 0.124. The lowest BCUT2D eigenvalue weighted by Crippen LogP contribution is -2.22. The van der Waals surface area contributed by atoms with Crippen LogP contribution in [0.15, 0.2) is 18.2 Å². The van der Waals surface area contributed by atoms with Gasteiger partial charge in [0, 0.05) is 17.9 Å². The number of hydrogen-bond acceptors (Lipinski definition) is 5. The van der Waals surface area contributed by atoms with Crippen molar-refractivity contribution in [2.45, 2.75) is 38.8 Å². The molecule has 2 aromatic rings. The van der Waals surface area contributed by atoms with E-state index in [4.69, 9.17) is 10.5 Å². The van der Waals surface area contributed by atoms with Crippen molar-refractivity contribution in [1.29, 1.82) is 0 Å². The minimum absolute atomic E-state index is 0.124. The van der Waals surface area contributed by atoms with E-state index in [1.165, 1.54) is 0 Å². The van der Waals surface area contributed by atoms with Gasteiger partial charge in [0.05, 0.1) is 12.1 Å². The summed E-state index contributed by atoms with van der Waals surface area (Å²) in [5.41, 5.74) is 8.63. The summed E-state index contributed by atoms with van der Waals surface area (Å²) in [5.74, 6) is 0.769. The van der Waals surface area contributed by atoms with Crippen LogP contribution in [0.3, 0.4) is 0 Å². The van der Waals surface area contributed by atoms with Gasteiger partial charge in [0.25, 0.3) is 0 Å². The molecule has 20 heavy (non-hydrogen) atoms. The number of anilines is 1. The number of aryl methyl sites for hydroxylation is 1. The fraction of sp³-hybridized carbons (Fsp3) is 0.500. The molecule has 1 aliphatic heterocycles. The van der Waals surface area contributed by atoms with E-state index < -0.39 is 0 Å². The summed E-state index contributed by atoms with van der Waals surface area (Å²) in [6, 6.07) is 5.90. The molecule has 1 aromatic heterocycles. The van der Waals surface area contributed by atoms with Gasteiger partial charge in [-0.15, -0.1) is 5.10 Å². The van der Waals surface area contributed by atoms with Crippen molar-refractivity contribution >= 4 is 5.69 Å². The van der Waals surface area contributed by atoms with E-state index in [9.17, 15) is 0 Å². The van der Waals surface area contributed by atoms with Crippen LogP contribution in [0.1, 0.15) is 31.4 Å². The zero-order valence-corrected chi connectivity index (χ0v) is 11.8. The van der Waals surface area contributed by atoms with Gasteiger partial charge in [-0.1, -0.05) is 0 Å². The molecule has 1 fully saturated rings. The molecule has 1 saturated heterocycles. The zero-order valence-electron chi connectivity index (χ0n) is 11.8. The number of nitrogens with zero attached hydrogens (tertiary/aromatic N) is 4. The van der Waals surface area contributed by atoms with Crippen molar-refractivity contribution in [1.82, 2.24) is 20.2 Å². The van der Waals surface area contributed by atoms with Crippen molar-refractivity contribution in [3.05, 3.63) is 23.8 Å². The van der Waals surface area contributed by atoms with Crippen LogP contribution in [0.4, 0.5) is 5.69 Å². The molecule has 6 nitrogen and oxygen atoms in total. The Morgan fingerprint density at radius 2 is 2.30 bits per heavy atom. The Morgan fingerprint density at radius 3 is 3.00 bits per heavy atom. The number of nitrogens with two attached hydrogens (primary N) is 1. The van der Waals surface area contributed by atoms with Gasteiger partial charge in [-0.05, 0) is 60.9 Å². The largest absolute Gasteiger partial charge is 0.399 e. The van der Waals surface area contributed by atoms with Gasteiger partial charge >= 0.3 is 0 Å². The summed E-state index contributed by atoms with van der Waals surface area (Å²) in [7, 11) is 0. The van der Waals surface area contributed by atoms with E-state index in [-0.39, 0.29) is 12.1 Å². The van der Waals surface area contributed by atoms with Crippen LogP contribution >= 0.6 is 0 Å². The Morgan fingerprint density at radius 1 is 1.45 bits per heavy atom. The van der Waals surface area contributed by atoms with Crippen molar-refractivity contribution in [3.63, 3.8) is 0 Å². The molecule has 0 saturated carbocycles. The minimum Gasteiger partial charge on any atom is -0.399 e. The van der Waals surface area contributed by atoms with Crippen LogP contribution in [0.5, 0.6) is 0 Å². The first-order valence-electron chi connectivity index (χ1n) is 6.93. The van der Waals surface area contributed by atoms with Gasteiger partial charge in [-0.2, -0.15) is 0 Å². The molecule has 2 unspecified atom stereocenters. The second-order valence-corrected chi connectivity index (χ2v) is 5.31. The predicted molar refractivity (Wildman–Crippen MR) is 76.1 cm³/mol. The Labute approximate surface area is 117 Å². The summed E-state index contributed by atoms with van der Waals surface area (Å²) in [6.07, 6.45) is 2.35. The third-order valence-electron chi connectivity index (χ3n) is 3.87. The summed E-state index contributed by atoms with van der Waals surface area (Å²) < 4.78 is 7.60. The first-order valence-corrected chi connectivity index (χ1v) is 6.93. The van der Waals surface area contributed by atoms with E-state index in [1.54, 1.807) is 0 Å². The van der Waals surface area contributed by atoms with E-state index in [2.05, 4.69) is 22.4 Å². The molecule has 106 valence electrons. The summed E-state index contributed by atoms with van der Waals surface area (Å²) >= 11 is 0. The zero-order chi connectivity index (χ0) is 14.1. The second-order valence-electron chi connectivity index (χ2n) is 5.31. The van der Waals surface area contributed by atoms with Crippen molar-refractivity contribution in [2.24, 2.45) is 0 Å². The van der Waals surface area contributed by atoms with Gasteiger partial charge in [0.15, 0.2) is 5.82 Å². The third kappa shape index (κ3) is 2.27. The molecule has 2 heterocycles. The Bertz CT molecular complexity index is 603. The van der Waals surface area contributed by atoms with Crippen LogP contribution in [-0.4, -0.2) is 32.9 Å². The SMILES string of the molecule is Cc1cc(N)ccc1-c1nnnn1C(C)C1CCCO1. The van der Waals surface area contributed by atoms with Gasteiger partial charge in [-0.25, -0.2) is 4.68 Å². The van der Waals surface area contributed by atoms with E-state index in [1.807, 2.05) is 29.8 Å². The number of ether oxygens (including phenoxy) is 1. The highest BCUT2D eigenvalue weighted by molar-refractivity contribution is 5.63. The number of hydrogen-bond donors (Lipinski definition) is 1. The molecule has 0 spiro atoms.